The highest BCUT2D eigenvalue weighted by molar-refractivity contribution is 9.10. The van der Waals surface area contributed by atoms with Crippen LogP contribution in [0, 0.1) is 0 Å². The molecule has 2 N–H and O–H groups in total. The van der Waals surface area contributed by atoms with Crippen molar-refractivity contribution in [3.05, 3.63) is 28.2 Å². The zero-order valence-electron chi connectivity index (χ0n) is 11.5. The highest BCUT2D eigenvalue weighted by Crippen LogP contribution is 2.30. The highest BCUT2D eigenvalue weighted by atomic mass is 79.9. The first-order valence-corrected chi connectivity index (χ1v) is 9.47. The minimum atomic E-state index is -2.83. The van der Waals surface area contributed by atoms with Crippen LogP contribution in [0.5, 0.6) is 5.75 Å². The molecule has 1 unspecified atom stereocenters. The normalized spacial score (nSPS) is 20.7. The SMILES string of the molecule is CCC(NC1CCS(=O)(=O)CC1)c1cc(Br)ccc1O. The molecule has 0 aromatic heterocycles. The van der Waals surface area contributed by atoms with Crippen molar-refractivity contribution in [3.8, 4) is 5.75 Å². The molecule has 0 saturated carbocycles. The molecule has 1 heterocycles. The predicted molar refractivity (Wildman–Crippen MR) is 83.7 cm³/mol. The van der Waals surface area contributed by atoms with Crippen LogP contribution in [0.1, 0.15) is 37.8 Å². The van der Waals surface area contributed by atoms with Crippen LogP contribution in [0.25, 0.3) is 0 Å². The fourth-order valence-corrected chi connectivity index (χ4v) is 4.44. The van der Waals surface area contributed by atoms with Gasteiger partial charge in [-0.15, -0.1) is 0 Å². The Bertz CT molecular complexity index is 560. The summed E-state index contributed by atoms with van der Waals surface area (Å²) in [5, 5.41) is 13.5. The lowest BCUT2D eigenvalue weighted by Gasteiger charge is -2.28. The molecular weight excluding hydrogens is 342 g/mol. The minimum absolute atomic E-state index is 0.0401. The Hall–Kier alpha value is -0.590. The Morgan fingerprint density at radius 3 is 2.65 bits per heavy atom. The lowest BCUT2D eigenvalue weighted by molar-refractivity contribution is 0.383. The van der Waals surface area contributed by atoms with Crippen molar-refractivity contribution in [2.24, 2.45) is 0 Å². The smallest absolute Gasteiger partial charge is 0.150 e. The van der Waals surface area contributed by atoms with Crippen molar-refractivity contribution in [2.45, 2.75) is 38.3 Å². The summed E-state index contributed by atoms with van der Waals surface area (Å²) in [6.45, 7) is 2.05. The number of rotatable bonds is 4. The van der Waals surface area contributed by atoms with Gasteiger partial charge in [-0.05, 0) is 37.5 Å². The summed E-state index contributed by atoms with van der Waals surface area (Å²) < 4.78 is 23.8. The zero-order valence-corrected chi connectivity index (χ0v) is 13.9. The maximum atomic E-state index is 11.4. The summed E-state index contributed by atoms with van der Waals surface area (Å²) in [5.74, 6) is 0.785. The minimum Gasteiger partial charge on any atom is -0.508 e. The molecule has 1 aliphatic heterocycles. The summed E-state index contributed by atoms with van der Waals surface area (Å²) in [7, 11) is -2.83. The quantitative estimate of drug-likeness (QED) is 0.865. The molecule has 1 fully saturated rings. The first-order chi connectivity index (χ1) is 9.41. The molecule has 0 amide bonds. The number of nitrogens with one attached hydrogen (secondary N) is 1. The van der Waals surface area contributed by atoms with Crippen molar-refractivity contribution in [3.63, 3.8) is 0 Å². The van der Waals surface area contributed by atoms with Gasteiger partial charge < -0.3 is 10.4 Å². The molecule has 6 heteroatoms. The van der Waals surface area contributed by atoms with Crippen molar-refractivity contribution in [1.82, 2.24) is 5.32 Å². The lowest BCUT2D eigenvalue weighted by atomic mass is 10.0. The van der Waals surface area contributed by atoms with Crippen LogP contribution in [0.3, 0.4) is 0 Å². The van der Waals surface area contributed by atoms with Gasteiger partial charge >= 0.3 is 0 Å². The number of benzene rings is 1. The van der Waals surface area contributed by atoms with Gasteiger partial charge in [0.1, 0.15) is 15.6 Å². The van der Waals surface area contributed by atoms with Gasteiger partial charge in [0.05, 0.1) is 11.5 Å². The van der Waals surface area contributed by atoms with E-state index >= 15 is 0 Å². The van der Waals surface area contributed by atoms with Gasteiger partial charge in [-0.2, -0.15) is 0 Å². The molecule has 0 radical (unpaired) electrons. The van der Waals surface area contributed by atoms with Gasteiger partial charge in [0.25, 0.3) is 0 Å². The third-order valence-electron chi connectivity index (χ3n) is 3.76. The summed E-state index contributed by atoms with van der Waals surface area (Å²) >= 11 is 3.42. The number of halogens is 1. The van der Waals surface area contributed by atoms with Gasteiger partial charge in [-0.1, -0.05) is 22.9 Å². The second-order valence-corrected chi connectivity index (χ2v) is 8.48. The molecule has 20 heavy (non-hydrogen) atoms. The molecule has 1 aromatic carbocycles. The number of sulfone groups is 1. The number of aromatic hydroxyl groups is 1. The molecule has 1 saturated heterocycles. The van der Waals surface area contributed by atoms with E-state index < -0.39 is 9.84 Å². The fraction of sp³-hybridized carbons (Fsp3) is 0.571. The Labute approximate surface area is 128 Å². The Morgan fingerprint density at radius 1 is 1.40 bits per heavy atom. The van der Waals surface area contributed by atoms with E-state index in [0.29, 0.717) is 12.8 Å². The Morgan fingerprint density at radius 2 is 2.05 bits per heavy atom. The topological polar surface area (TPSA) is 66.4 Å². The van der Waals surface area contributed by atoms with E-state index in [9.17, 15) is 13.5 Å². The van der Waals surface area contributed by atoms with Crippen molar-refractivity contribution in [2.75, 3.05) is 11.5 Å². The van der Waals surface area contributed by atoms with E-state index in [4.69, 9.17) is 0 Å². The van der Waals surface area contributed by atoms with E-state index in [1.165, 1.54) is 0 Å². The van der Waals surface area contributed by atoms with E-state index in [2.05, 4.69) is 28.2 Å². The van der Waals surface area contributed by atoms with E-state index in [1.54, 1.807) is 12.1 Å². The van der Waals surface area contributed by atoms with Crippen LogP contribution in [0.15, 0.2) is 22.7 Å². The molecule has 1 aromatic rings. The van der Waals surface area contributed by atoms with Crippen molar-refractivity contribution >= 4 is 25.8 Å². The Kier molecular flexibility index (Phi) is 5.09. The van der Waals surface area contributed by atoms with Gasteiger partial charge in [0.15, 0.2) is 0 Å². The number of phenolic OH excluding ortho intramolecular Hbond substituents is 1. The highest BCUT2D eigenvalue weighted by Gasteiger charge is 2.26. The molecule has 0 bridgehead atoms. The Balaban J connectivity index is 2.08. The molecular formula is C14H20BrNO3S. The van der Waals surface area contributed by atoms with Crippen LogP contribution in [-0.4, -0.2) is 31.1 Å². The lowest BCUT2D eigenvalue weighted by Crippen LogP contribution is -2.39. The van der Waals surface area contributed by atoms with Crippen LogP contribution >= 0.6 is 15.9 Å². The average molecular weight is 362 g/mol. The van der Waals surface area contributed by atoms with E-state index in [1.807, 2.05) is 6.07 Å². The second kappa shape index (κ2) is 6.45. The van der Waals surface area contributed by atoms with Gasteiger partial charge in [-0.3, -0.25) is 0 Å². The van der Waals surface area contributed by atoms with Gasteiger partial charge in [0.2, 0.25) is 0 Å². The first kappa shape index (κ1) is 15.8. The van der Waals surface area contributed by atoms with Gasteiger partial charge in [0, 0.05) is 22.1 Å². The van der Waals surface area contributed by atoms with Crippen molar-refractivity contribution in [1.29, 1.82) is 0 Å². The van der Waals surface area contributed by atoms with Crippen LogP contribution in [-0.2, 0) is 9.84 Å². The number of hydrogen-bond donors (Lipinski definition) is 2. The fourth-order valence-electron chi connectivity index (χ4n) is 2.57. The monoisotopic (exact) mass is 361 g/mol. The zero-order chi connectivity index (χ0) is 14.8. The molecule has 112 valence electrons. The maximum absolute atomic E-state index is 11.4. The summed E-state index contributed by atoms with van der Waals surface area (Å²) in [4.78, 5) is 0. The molecule has 2 rings (SSSR count). The molecule has 1 atom stereocenters. The third-order valence-corrected chi connectivity index (χ3v) is 5.97. The van der Waals surface area contributed by atoms with E-state index in [-0.39, 0.29) is 29.3 Å². The van der Waals surface area contributed by atoms with Gasteiger partial charge in [-0.25, -0.2) is 8.42 Å². The average Bonchev–Trinajstić information content (AvgIpc) is 2.41. The summed E-state index contributed by atoms with van der Waals surface area (Å²) in [6, 6.07) is 5.63. The summed E-state index contributed by atoms with van der Waals surface area (Å²) in [6.07, 6.45) is 2.13. The molecule has 4 nitrogen and oxygen atoms in total. The third kappa shape index (κ3) is 3.96. The molecule has 1 aliphatic rings. The van der Waals surface area contributed by atoms with Crippen LogP contribution in [0.4, 0.5) is 0 Å². The van der Waals surface area contributed by atoms with E-state index in [0.717, 1.165) is 16.5 Å². The van der Waals surface area contributed by atoms with Crippen LogP contribution in [0.2, 0.25) is 0 Å². The van der Waals surface area contributed by atoms with Crippen molar-refractivity contribution < 1.29 is 13.5 Å². The second-order valence-electron chi connectivity index (χ2n) is 5.26. The van der Waals surface area contributed by atoms with Crippen LogP contribution < -0.4 is 5.32 Å². The molecule has 0 spiro atoms. The predicted octanol–water partition coefficient (Wildman–Crippen LogP) is 2.77. The number of phenols is 1. The summed E-state index contributed by atoms with van der Waals surface area (Å²) in [5.41, 5.74) is 0.857. The standard InChI is InChI=1S/C14H20BrNO3S/c1-2-13(12-9-10(15)3-4-14(12)17)16-11-5-7-20(18,19)8-6-11/h3-4,9,11,13,16-17H,2,5-8H2,1H3. The molecule has 0 aliphatic carbocycles. The number of hydrogen-bond acceptors (Lipinski definition) is 4. The first-order valence-electron chi connectivity index (χ1n) is 6.86. The largest absolute Gasteiger partial charge is 0.508 e. The maximum Gasteiger partial charge on any atom is 0.150 e.